The number of piperidine rings is 1. The number of benzene rings is 1. The van der Waals surface area contributed by atoms with Crippen molar-refractivity contribution in [3.63, 3.8) is 0 Å². The molecule has 1 aromatic carbocycles. The normalized spacial score (nSPS) is 15.3. The Morgan fingerprint density at radius 3 is 2.40 bits per heavy atom. The van der Waals surface area contributed by atoms with Gasteiger partial charge in [0.2, 0.25) is 5.69 Å². The summed E-state index contributed by atoms with van der Waals surface area (Å²) in [4.78, 5) is 14.8. The van der Waals surface area contributed by atoms with Gasteiger partial charge in [-0.1, -0.05) is 18.2 Å². The number of hydrogen-bond donors (Lipinski definition) is 1. The van der Waals surface area contributed by atoms with Gasteiger partial charge >= 0.3 is 5.97 Å². The number of anilines is 1. The fourth-order valence-corrected chi connectivity index (χ4v) is 2.43. The lowest BCUT2D eigenvalue weighted by Gasteiger charge is -2.26. The second kappa shape index (κ2) is 5.32. The van der Waals surface area contributed by atoms with E-state index in [1.54, 1.807) is 0 Å². The van der Waals surface area contributed by atoms with Crippen LogP contribution in [0.5, 0.6) is 0 Å². The van der Waals surface area contributed by atoms with Crippen LogP contribution in [0.4, 0.5) is 5.82 Å². The maximum atomic E-state index is 11.4. The maximum absolute atomic E-state index is 11.4. The molecule has 0 saturated carbocycles. The molecule has 2 aromatic rings. The van der Waals surface area contributed by atoms with Crippen LogP contribution in [0.3, 0.4) is 0 Å². The summed E-state index contributed by atoms with van der Waals surface area (Å²) < 4.78 is 0. The van der Waals surface area contributed by atoms with Crippen molar-refractivity contribution in [2.75, 3.05) is 18.0 Å². The van der Waals surface area contributed by atoms with Crippen LogP contribution in [0.2, 0.25) is 0 Å². The quantitative estimate of drug-likeness (QED) is 0.924. The summed E-state index contributed by atoms with van der Waals surface area (Å²) in [5.74, 6) is -0.561. The minimum absolute atomic E-state index is 0.0238. The molecule has 0 spiro atoms. The molecular weight excluding hydrogens is 256 g/mol. The summed E-state index contributed by atoms with van der Waals surface area (Å²) in [7, 11) is 0. The van der Waals surface area contributed by atoms with E-state index in [9.17, 15) is 9.90 Å². The van der Waals surface area contributed by atoms with Crippen LogP contribution < -0.4 is 4.90 Å². The van der Waals surface area contributed by atoms with Crippen LogP contribution in [0, 0.1) is 0 Å². The van der Waals surface area contributed by atoms with Gasteiger partial charge in [0, 0.05) is 13.1 Å². The third-order valence-electron chi connectivity index (χ3n) is 3.44. The maximum Gasteiger partial charge on any atom is 0.360 e. The fraction of sp³-hybridized carbons (Fsp3) is 0.357. The predicted molar refractivity (Wildman–Crippen MR) is 74.4 cm³/mol. The van der Waals surface area contributed by atoms with E-state index >= 15 is 0 Å². The molecule has 1 fully saturated rings. The summed E-state index contributed by atoms with van der Waals surface area (Å²) >= 11 is 0. The molecule has 6 nitrogen and oxygen atoms in total. The van der Waals surface area contributed by atoms with Gasteiger partial charge in [-0.2, -0.15) is 0 Å². The minimum Gasteiger partial charge on any atom is -0.476 e. The smallest absolute Gasteiger partial charge is 0.360 e. The Bertz CT molecular complexity index is 603. The van der Waals surface area contributed by atoms with Gasteiger partial charge in [-0.3, -0.25) is 0 Å². The van der Waals surface area contributed by atoms with E-state index < -0.39 is 5.97 Å². The van der Waals surface area contributed by atoms with E-state index in [1.165, 1.54) is 11.2 Å². The largest absolute Gasteiger partial charge is 0.476 e. The first-order valence-electron chi connectivity index (χ1n) is 6.77. The SMILES string of the molecule is O=C(O)c1nn(-c2ccccc2)nc1N1CCCCC1. The molecule has 0 bridgehead atoms. The molecule has 2 heterocycles. The number of aromatic carboxylic acids is 1. The van der Waals surface area contributed by atoms with E-state index in [1.807, 2.05) is 35.2 Å². The van der Waals surface area contributed by atoms with Gasteiger partial charge in [0.25, 0.3) is 0 Å². The second-order valence-electron chi connectivity index (χ2n) is 4.85. The summed E-state index contributed by atoms with van der Waals surface area (Å²) in [5.41, 5.74) is 0.786. The van der Waals surface area contributed by atoms with Gasteiger partial charge in [0.15, 0.2) is 5.82 Å². The Balaban J connectivity index is 2.00. The van der Waals surface area contributed by atoms with Gasteiger partial charge in [-0.15, -0.1) is 15.0 Å². The zero-order valence-corrected chi connectivity index (χ0v) is 11.1. The van der Waals surface area contributed by atoms with Crippen molar-refractivity contribution in [2.24, 2.45) is 0 Å². The zero-order chi connectivity index (χ0) is 13.9. The highest BCUT2D eigenvalue weighted by molar-refractivity contribution is 5.91. The molecular formula is C14H16N4O2. The van der Waals surface area contributed by atoms with Crippen LogP contribution in [-0.2, 0) is 0 Å². The summed E-state index contributed by atoms with van der Waals surface area (Å²) in [6.07, 6.45) is 3.32. The number of nitrogens with zero attached hydrogens (tertiary/aromatic N) is 4. The van der Waals surface area contributed by atoms with E-state index in [0.29, 0.717) is 5.82 Å². The van der Waals surface area contributed by atoms with E-state index in [2.05, 4.69) is 10.2 Å². The first-order chi connectivity index (χ1) is 9.75. The molecule has 0 amide bonds. The average molecular weight is 272 g/mol. The lowest BCUT2D eigenvalue weighted by molar-refractivity contribution is 0.0690. The molecule has 0 unspecified atom stereocenters. The van der Waals surface area contributed by atoms with E-state index in [-0.39, 0.29) is 5.69 Å². The fourth-order valence-electron chi connectivity index (χ4n) is 2.43. The molecule has 104 valence electrons. The summed E-state index contributed by atoms with van der Waals surface area (Å²) in [5, 5.41) is 17.8. The van der Waals surface area contributed by atoms with Crippen molar-refractivity contribution in [3.05, 3.63) is 36.0 Å². The molecule has 0 radical (unpaired) electrons. The number of hydrogen-bond acceptors (Lipinski definition) is 4. The van der Waals surface area contributed by atoms with Crippen molar-refractivity contribution in [1.29, 1.82) is 0 Å². The van der Waals surface area contributed by atoms with Gasteiger partial charge in [-0.25, -0.2) is 4.79 Å². The lowest BCUT2D eigenvalue weighted by atomic mass is 10.1. The topological polar surface area (TPSA) is 71.2 Å². The number of para-hydroxylation sites is 1. The predicted octanol–water partition coefficient (Wildman–Crippen LogP) is 1.96. The molecule has 1 N–H and O–H groups in total. The van der Waals surface area contributed by atoms with Crippen molar-refractivity contribution in [2.45, 2.75) is 19.3 Å². The molecule has 1 aromatic heterocycles. The number of rotatable bonds is 3. The van der Waals surface area contributed by atoms with Gasteiger partial charge in [0.1, 0.15) is 0 Å². The number of aromatic nitrogens is 3. The molecule has 6 heteroatoms. The molecule has 3 rings (SSSR count). The third kappa shape index (κ3) is 2.36. The Morgan fingerprint density at radius 2 is 1.75 bits per heavy atom. The van der Waals surface area contributed by atoms with Crippen LogP contribution in [-0.4, -0.2) is 39.2 Å². The average Bonchev–Trinajstić information content (AvgIpc) is 2.94. The number of carboxylic acids is 1. The third-order valence-corrected chi connectivity index (χ3v) is 3.44. The first kappa shape index (κ1) is 12.7. The van der Waals surface area contributed by atoms with Crippen molar-refractivity contribution in [1.82, 2.24) is 15.0 Å². The molecule has 1 aliphatic rings. The summed E-state index contributed by atoms with van der Waals surface area (Å²) in [6.45, 7) is 1.68. The highest BCUT2D eigenvalue weighted by Gasteiger charge is 2.24. The highest BCUT2D eigenvalue weighted by atomic mass is 16.4. The summed E-state index contributed by atoms with van der Waals surface area (Å²) in [6, 6.07) is 9.35. The van der Waals surface area contributed by atoms with Crippen molar-refractivity contribution < 1.29 is 9.90 Å². The molecule has 0 aliphatic carbocycles. The second-order valence-corrected chi connectivity index (χ2v) is 4.85. The standard InChI is InChI=1S/C14H16N4O2/c19-14(20)12-13(17-9-5-2-6-10-17)16-18(15-12)11-7-3-1-4-8-11/h1,3-4,7-8H,2,5-6,9-10H2,(H,19,20). The molecule has 0 atom stereocenters. The van der Waals surface area contributed by atoms with Crippen LogP contribution in [0.1, 0.15) is 29.8 Å². The van der Waals surface area contributed by atoms with E-state index in [0.717, 1.165) is 31.6 Å². The Labute approximate surface area is 116 Å². The molecule has 20 heavy (non-hydrogen) atoms. The molecule has 1 saturated heterocycles. The van der Waals surface area contributed by atoms with Crippen molar-refractivity contribution >= 4 is 11.8 Å². The van der Waals surface area contributed by atoms with Crippen LogP contribution >= 0.6 is 0 Å². The number of carboxylic acid groups (broad SMARTS) is 1. The monoisotopic (exact) mass is 272 g/mol. The first-order valence-corrected chi connectivity index (χ1v) is 6.77. The number of carbonyl (C=O) groups is 1. The van der Waals surface area contributed by atoms with Crippen LogP contribution in [0.25, 0.3) is 5.69 Å². The Hall–Kier alpha value is -2.37. The Morgan fingerprint density at radius 1 is 1.05 bits per heavy atom. The van der Waals surface area contributed by atoms with Gasteiger partial charge in [0.05, 0.1) is 5.69 Å². The van der Waals surface area contributed by atoms with E-state index in [4.69, 9.17) is 0 Å². The Kier molecular flexibility index (Phi) is 3.37. The van der Waals surface area contributed by atoms with Crippen LogP contribution in [0.15, 0.2) is 30.3 Å². The van der Waals surface area contributed by atoms with Gasteiger partial charge < -0.3 is 10.0 Å². The molecule has 1 aliphatic heterocycles. The minimum atomic E-state index is -1.03. The van der Waals surface area contributed by atoms with Crippen molar-refractivity contribution in [3.8, 4) is 5.69 Å². The van der Waals surface area contributed by atoms with Gasteiger partial charge in [-0.05, 0) is 31.4 Å². The lowest BCUT2D eigenvalue weighted by Crippen LogP contribution is -2.31. The highest BCUT2D eigenvalue weighted by Crippen LogP contribution is 2.22. The zero-order valence-electron chi connectivity index (χ0n) is 11.1.